The van der Waals surface area contributed by atoms with Gasteiger partial charge in [0.05, 0.1) is 19.2 Å². The van der Waals surface area contributed by atoms with Crippen LogP contribution in [0.5, 0.6) is 11.5 Å². The SMILES string of the molecule is COc1cccc(CNC(=O)c2c(-c3ccccc3Cl)noc2C)c1OC. The zero-order valence-corrected chi connectivity index (χ0v) is 16.0. The molecule has 0 saturated carbocycles. The first-order valence-corrected chi connectivity index (χ1v) is 8.63. The van der Waals surface area contributed by atoms with E-state index in [4.69, 9.17) is 25.6 Å². The third-order valence-electron chi connectivity index (χ3n) is 4.14. The number of benzene rings is 2. The van der Waals surface area contributed by atoms with Crippen LogP contribution in [0.2, 0.25) is 5.02 Å². The number of aromatic nitrogens is 1. The van der Waals surface area contributed by atoms with E-state index in [0.717, 1.165) is 5.56 Å². The lowest BCUT2D eigenvalue weighted by Gasteiger charge is -2.13. The number of carbonyl (C=O) groups excluding carboxylic acids is 1. The molecule has 27 heavy (non-hydrogen) atoms. The number of rotatable bonds is 6. The number of nitrogens with zero attached hydrogens (tertiary/aromatic N) is 1. The Kier molecular flexibility index (Phi) is 5.66. The predicted molar refractivity (Wildman–Crippen MR) is 102 cm³/mol. The molecule has 0 atom stereocenters. The Labute approximate surface area is 162 Å². The Morgan fingerprint density at radius 3 is 2.63 bits per heavy atom. The van der Waals surface area contributed by atoms with E-state index in [2.05, 4.69) is 10.5 Å². The summed E-state index contributed by atoms with van der Waals surface area (Å²) in [4.78, 5) is 12.8. The van der Waals surface area contributed by atoms with Gasteiger partial charge in [0.25, 0.3) is 5.91 Å². The minimum Gasteiger partial charge on any atom is -0.493 e. The second kappa shape index (κ2) is 8.14. The van der Waals surface area contributed by atoms with Crippen molar-refractivity contribution >= 4 is 17.5 Å². The highest BCUT2D eigenvalue weighted by Gasteiger charge is 2.23. The highest BCUT2D eigenvalue weighted by molar-refractivity contribution is 6.33. The van der Waals surface area contributed by atoms with E-state index in [1.54, 1.807) is 39.3 Å². The molecule has 0 bridgehead atoms. The summed E-state index contributed by atoms with van der Waals surface area (Å²) in [5, 5.41) is 7.39. The Hall–Kier alpha value is -2.99. The second-order valence-corrected chi connectivity index (χ2v) is 6.18. The van der Waals surface area contributed by atoms with Crippen LogP contribution in [0.25, 0.3) is 11.3 Å². The van der Waals surface area contributed by atoms with E-state index in [1.807, 2.05) is 24.3 Å². The minimum absolute atomic E-state index is 0.256. The van der Waals surface area contributed by atoms with Crippen LogP contribution in [0.3, 0.4) is 0 Å². The Morgan fingerprint density at radius 1 is 1.15 bits per heavy atom. The number of aryl methyl sites for hydroxylation is 1. The number of para-hydroxylation sites is 1. The largest absolute Gasteiger partial charge is 0.493 e. The number of halogens is 1. The average molecular weight is 387 g/mol. The molecule has 0 spiro atoms. The highest BCUT2D eigenvalue weighted by atomic mass is 35.5. The van der Waals surface area contributed by atoms with Crippen LogP contribution in [-0.2, 0) is 6.54 Å². The monoisotopic (exact) mass is 386 g/mol. The summed E-state index contributed by atoms with van der Waals surface area (Å²) in [6, 6.07) is 12.7. The summed E-state index contributed by atoms with van der Waals surface area (Å²) >= 11 is 6.25. The first-order valence-electron chi connectivity index (χ1n) is 8.26. The lowest BCUT2D eigenvalue weighted by atomic mass is 10.1. The van der Waals surface area contributed by atoms with Crippen molar-refractivity contribution in [2.75, 3.05) is 14.2 Å². The Bertz CT molecular complexity index is 968. The molecular formula is C20H19ClN2O4. The van der Waals surface area contributed by atoms with Gasteiger partial charge in [-0.15, -0.1) is 0 Å². The molecule has 3 aromatic rings. The molecule has 7 heteroatoms. The van der Waals surface area contributed by atoms with E-state index < -0.39 is 0 Å². The van der Waals surface area contributed by atoms with Gasteiger partial charge in [-0.05, 0) is 19.1 Å². The number of hydrogen-bond acceptors (Lipinski definition) is 5. The van der Waals surface area contributed by atoms with Crippen molar-refractivity contribution < 1.29 is 18.8 Å². The maximum absolute atomic E-state index is 12.8. The van der Waals surface area contributed by atoms with Crippen LogP contribution < -0.4 is 14.8 Å². The molecular weight excluding hydrogens is 368 g/mol. The van der Waals surface area contributed by atoms with Crippen molar-refractivity contribution in [3.05, 3.63) is 64.4 Å². The summed E-state index contributed by atoms with van der Waals surface area (Å²) < 4.78 is 15.9. The van der Waals surface area contributed by atoms with E-state index in [-0.39, 0.29) is 12.5 Å². The number of methoxy groups -OCH3 is 2. The van der Waals surface area contributed by atoms with E-state index in [9.17, 15) is 4.79 Å². The normalized spacial score (nSPS) is 10.5. The number of carbonyl (C=O) groups is 1. The molecule has 0 aliphatic rings. The maximum Gasteiger partial charge on any atom is 0.257 e. The molecule has 0 radical (unpaired) electrons. The molecule has 3 rings (SSSR count). The zero-order valence-electron chi connectivity index (χ0n) is 15.2. The third-order valence-corrected chi connectivity index (χ3v) is 4.47. The van der Waals surface area contributed by atoms with Crippen molar-refractivity contribution in [2.45, 2.75) is 13.5 Å². The molecule has 0 unspecified atom stereocenters. The fourth-order valence-electron chi connectivity index (χ4n) is 2.83. The topological polar surface area (TPSA) is 73.6 Å². The molecule has 1 aromatic heterocycles. The molecule has 6 nitrogen and oxygen atoms in total. The molecule has 0 saturated heterocycles. The van der Waals surface area contributed by atoms with Gasteiger partial charge in [-0.25, -0.2) is 0 Å². The van der Waals surface area contributed by atoms with Gasteiger partial charge >= 0.3 is 0 Å². The molecule has 0 aliphatic carbocycles. The number of amides is 1. The molecule has 2 aromatic carbocycles. The predicted octanol–water partition coefficient (Wildman–Crippen LogP) is 4.25. The van der Waals surface area contributed by atoms with Crippen LogP contribution in [-0.4, -0.2) is 25.3 Å². The summed E-state index contributed by atoms with van der Waals surface area (Å²) in [6.45, 7) is 1.94. The molecule has 140 valence electrons. The van der Waals surface area contributed by atoms with Gasteiger partial charge in [-0.2, -0.15) is 0 Å². The molecule has 0 aliphatic heterocycles. The van der Waals surface area contributed by atoms with Gasteiger partial charge < -0.3 is 19.3 Å². The standard InChI is InChI=1S/C20H19ClN2O4/c1-12-17(18(23-27-12)14-8-4-5-9-15(14)21)20(24)22-11-13-7-6-10-16(25-2)19(13)26-3/h4-10H,11H2,1-3H3,(H,22,24). The first-order chi connectivity index (χ1) is 13.1. The molecule has 1 amide bonds. The average Bonchev–Trinajstić information content (AvgIpc) is 3.07. The summed E-state index contributed by atoms with van der Waals surface area (Å²) in [5.74, 6) is 1.28. The lowest BCUT2D eigenvalue weighted by molar-refractivity contribution is 0.0949. The smallest absolute Gasteiger partial charge is 0.257 e. The van der Waals surface area contributed by atoms with Crippen molar-refractivity contribution in [2.24, 2.45) is 0 Å². The van der Waals surface area contributed by atoms with Gasteiger partial charge in [0.2, 0.25) is 0 Å². The Morgan fingerprint density at radius 2 is 1.93 bits per heavy atom. The van der Waals surface area contributed by atoms with Crippen LogP contribution >= 0.6 is 11.6 Å². The zero-order chi connectivity index (χ0) is 19.4. The van der Waals surface area contributed by atoms with Gasteiger partial charge in [-0.3, -0.25) is 4.79 Å². The van der Waals surface area contributed by atoms with Crippen molar-refractivity contribution in [1.82, 2.24) is 10.5 Å². The fraction of sp³-hybridized carbons (Fsp3) is 0.200. The van der Waals surface area contributed by atoms with Gasteiger partial charge in [0.15, 0.2) is 11.5 Å². The van der Waals surface area contributed by atoms with Gasteiger partial charge in [0.1, 0.15) is 17.0 Å². The third kappa shape index (κ3) is 3.75. The number of hydrogen-bond donors (Lipinski definition) is 1. The second-order valence-electron chi connectivity index (χ2n) is 5.78. The van der Waals surface area contributed by atoms with E-state index in [0.29, 0.717) is 39.1 Å². The van der Waals surface area contributed by atoms with E-state index in [1.165, 1.54) is 0 Å². The minimum atomic E-state index is -0.312. The van der Waals surface area contributed by atoms with Gasteiger partial charge in [0, 0.05) is 17.7 Å². The highest BCUT2D eigenvalue weighted by Crippen LogP contribution is 2.32. The summed E-state index contributed by atoms with van der Waals surface area (Å²) in [5.41, 5.74) is 2.19. The van der Waals surface area contributed by atoms with Gasteiger partial charge in [-0.1, -0.05) is 47.1 Å². The lowest BCUT2D eigenvalue weighted by Crippen LogP contribution is -2.24. The van der Waals surface area contributed by atoms with Crippen molar-refractivity contribution in [3.8, 4) is 22.8 Å². The molecule has 1 heterocycles. The summed E-state index contributed by atoms with van der Waals surface area (Å²) in [7, 11) is 3.12. The van der Waals surface area contributed by atoms with Crippen molar-refractivity contribution in [1.29, 1.82) is 0 Å². The van der Waals surface area contributed by atoms with E-state index >= 15 is 0 Å². The molecule has 0 fully saturated rings. The fourth-order valence-corrected chi connectivity index (χ4v) is 3.06. The van der Waals surface area contributed by atoms with Crippen LogP contribution in [0, 0.1) is 6.92 Å². The number of nitrogens with one attached hydrogen (secondary N) is 1. The van der Waals surface area contributed by atoms with Crippen LogP contribution in [0.4, 0.5) is 0 Å². The maximum atomic E-state index is 12.8. The quantitative estimate of drug-likeness (QED) is 0.685. The van der Waals surface area contributed by atoms with Crippen LogP contribution in [0.1, 0.15) is 21.7 Å². The molecule has 1 N–H and O–H groups in total. The first kappa shape index (κ1) is 18.8. The summed E-state index contributed by atoms with van der Waals surface area (Å²) in [6.07, 6.45) is 0. The number of ether oxygens (including phenoxy) is 2. The Balaban J connectivity index is 1.87. The van der Waals surface area contributed by atoms with Crippen LogP contribution in [0.15, 0.2) is 47.0 Å². The van der Waals surface area contributed by atoms with Crippen molar-refractivity contribution in [3.63, 3.8) is 0 Å².